The fourth-order valence-corrected chi connectivity index (χ4v) is 6.76. The Balaban J connectivity index is 1.68. The second-order valence-electron chi connectivity index (χ2n) is 13.0. The van der Waals surface area contributed by atoms with Crippen LogP contribution in [0.15, 0.2) is 4.99 Å². The lowest BCUT2D eigenvalue weighted by atomic mass is 9.43. The summed E-state index contributed by atoms with van der Waals surface area (Å²) in [7, 11) is -0.601. The van der Waals surface area contributed by atoms with Crippen LogP contribution in [0.4, 0.5) is 0 Å². The van der Waals surface area contributed by atoms with Crippen molar-refractivity contribution in [3.63, 3.8) is 0 Å². The third-order valence-electron chi connectivity index (χ3n) is 9.07. The number of nitro groups is 1. The van der Waals surface area contributed by atoms with E-state index in [2.05, 4.69) is 50.2 Å². The zero-order valence-electron chi connectivity index (χ0n) is 25.2. The molecule has 4 fully saturated rings. The van der Waals surface area contributed by atoms with Crippen molar-refractivity contribution in [3.05, 3.63) is 10.1 Å². The molecule has 1 aliphatic heterocycles. The molecule has 5 N–H and O–H groups in total. The summed E-state index contributed by atoms with van der Waals surface area (Å²) in [6, 6.07) is -0.875. The molecule has 0 aromatic carbocycles. The molecule has 2 bridgehead atoms. The minimum atomic E-state index is -0.875. The van der Waals surface area contributed by atoms with Crippen LogP contribution in [0.2, 0.25) is 0 Å². The standard InChI is InChI=1S/C27H47BN6O7/c1-16(2)13-22(28-40-21-15-18-14-20(26(18,4)5)27(21,6)41-28)32-24(37)19(31-23(36)11-7-9-17(3)35)10-8-12-30-25(29)33-34(38)39/h16,18-22H,7-15H2,1-6H3,(H,31,36)(H,32,37)(H3,29,30,33)/t18-,19+,20-,21-,22+,27+/m1/s1. The number of guanidine groups is 1. The molecule has 6 atom stereocenters. The Morgan fingerprint density at radius 1 is 1.15 bits per heavy atom. The van der Waals surface area contributed by atoms with Gasteiger partial charge >= 0.3 is 7.12 Å². The van der Waals surface area contributed by atoms with E-state index in [1.165, 1.54) is 6.92 Å². The quantitative estimate of drug-likeness (QED) is 0.0562. The number of nitrogens with zero attached hydrogens (tertiary/aromatic N) is 2. The number of hydrazine groups is 1. The van der Waals surface area contributed by atoms with E-state index in [9.17, 15) is 24.5 Å². The molecule has 14 heteroatoms. The van der Waals surface area contributed by atoms with Crippen molar-refractivity contribution in [3.8, 4) is 0 Å². The van der Waals surface area contributed by atoms with E-state index < -0.39 is 29.7 Å². The smallest absolute Gasteiger partial charge is 0.404 e. The number of nitrogens with one attached hydrogen (secondary N) is 3. The highest BCUT2D eigenvalue weighted by atomic mass is 16.7. The van der Waals surface area contributed by atoms with Gasteiger partial charge in [0.05, 0.1) is 17.6 Å². The van der Waals surface area contributed by atoms with Crippen LogP contribution >= 0.6 is 0 Å². The Bertz CT molecular complexity index is 1020. The maximum Gasteiger partial charge on any atom is 0.481 e. The number of carbonyl (C=O) groups excluding carboxylic acids is 3. The van der Waals surface area contributed by atoms with E-state index in [1.54, 1.807) is 5.43 Å². The molecular weight excluding hydrogens is 531 g/mol. The van der Waals surface area contributed by atoms with Gasteiger partial charge in [-0.15, -0.1) is 0 Å². The number of ketones is 1. The van der Waals surface area contributed by atoms with Crippen LogP contribution < -0.4 is 21.8 Å². The first kappa shape index (κ1) is 32.8. The summed E-state index contributed by atoms with van der Waals surface area (Å²) in [4.78, 5) is 51.9. The molecule has 4 aliphatic rings. The van der Waals surface area contributed by atoms with Gasteiger partial charge in [-0.05, 0) is 75.5 Å². The van der Waals surface area contributed by atoms with Crippen LogP contribution in [0.25, 0.3) is 0 Å². The van der Waals surface area contributed by atoms with Crippen LogP contribution in [0.5, 0.6) is 0 Å². The lowest BCUT2D eigenvalue weighted by molar-refractivity contribution is -0.525. The number of amides is 2. The summed E-state index contributed by atoms with van der Waals surface area (Å²) in [5.41, 5.74) is 7.03. The molecule has 13 nitrogen and oxygen atoms in total. The molecule has 1 saturated heterocycles. The van der Waals surface area contributed by atoms with Crippen molar-refractivity contribution in [2.75, 3.05) is 6.54 Å². The molecular formula is C27H47BN6O7. The predicted molar refractivity (Wildman–Crippen MR) is 154 cm³/mol. The highest BCUT2D eigenvalue weighted by Gasteiger charge is 2.68. The Kier molecular flexibility index (Phi) is 10.8. The first-order valence-corrected chi connectivity index (χ1v) is 14.8. The largest absolute Gasteiger partial charge is 0.481 e. The van der Waals surface area contributed by atoms with Crippen molar-refractivity contribution in [1.82, 2.24) is 16.1 Å². The normalized spacial score (nSPS) is 27.8. The fourth-order valence-electron chi connectivity index (χ4n) is 6.76. The number of rotatable bonds is 15. The van der Waals surface area contributed by atoms with Gasteiger partial charge in [-0.3, -0.25) is 9.59 Å². The second kappa shape index (κ2) is 13.5. The van der Waals surface area contributed by atoms with Crippen LogP contribution in [0, 0.1) is 33.3 Å². The predicted octanol–water partition coefficient (Wildman–Crippen LogP) is 1.91. The molecule has 4 rings (SSSR count). The van der Waals surface area contributed by atoms with Gasteiger partial charge in [0.2, 0.25) is 11.8 Å². The van der Waals surface area contributed by atoms with Gasteiger partial charge < -0.3 is 30.5 Å². The Morgan fingerprint density at radius 2 is 1.85 bits per heavy atom. The molecule has 0 aromatic rings. The average Bonchev–Trinajstić information content (AvgIpc) is 3.21. The lowest BCUT2D eigenvalue weighted by Gasteiger charge is -2.64. The molecule has 230 valence electrons. The molecule has 0 aromatic heterocycles. The molecule has 2 amide bonds. The second-order valence-corrected chi connectivity index (χ2v) is 13.0. The van der Waals surface area contributed by atoms with Crippen molar-refractivity contribution in [2.45, 2.75) is 117 Å². The van der Waals surface area contributed by atoms with Crippen molar-refractivity contribution >= 4 is 30.7 Å². The van der Waals surface area contributed by atoms with Crippen molar-refractivity contribution in [2.24, 2.45) is 33.9 Å². The minimum absolute atomic E-state index is 0.00543. The number of nitrogens with two attached hydrogens (primary N) is 1. The van der Waals surface area contributed by atoms with Gasteiger partial charge in [-0.25, -0.2) is 15.1 Å². The number of hydrogen-bond acceptors (Lipinski definition) is 8. The van der Waals surface area contributed by atoms with E-state index >= 15 is 0 Å². The van der Waals surface area contributed by atoms with Gasteiger partial charge in [-0.2, -0.15) is 0 Å². The van der Waals surface area contributed by atoms with Crippen LogP contribution in [-0.4, -0.2) is 65.9 Å². The van der Waals surface area contributed by atoms with Gasteiger partial charge in [0.15, 0.2) is 5.03 Å². The summed E-state index contributed by atoms with van der Waals surface area (Å²) in [6.07, 6.45) is 4.03. The average molecular weight is 579 g/mol. The zero-order chi connectivity index (χ0) is 30.5. The maximum atomic E-state index is 13.6. The topological polar surface area (TPSA) is 187 Å². The Labute approximate surface area is 242 Å². The van der Waals surface area contributed by atoms with Crippen molar-refractivity contribution in [1.29, 1.82) is 0 Å². The monoisotopic (exact) mass is 578 g/mol. The van der Waals surface area contributed by atoms with E-state index in [0.29, 0.717) is 31.1 Å². The van der Waals surface area contributed by atoms with Crippen molar-refractivity contribution < 1.29 is 28.7 Å². The van der Waals surface area contributed by atoms with Gasteiger partial charge in [0.25, 0.3) is 5.96 Å². The first-order chi connectivity index (χ1) is 19.1. The number of Topliss-reactive ketones (excluding diaryl/α,β-unsaturated/α-hetero) is 1. The zero-order valence-corrected chi connectivity index (χ0v) is 25.2. The third-order valence-corrected chi connectivity index (χ3v) is 9.07. The third kappa shape index (κ3) is 8.18. The maximum absolute atomic E-state index is 13.6. The van der Waals surface area contributed by atoms with E-state index in [1.807, 2.05) is 0 Å². The number of carbonyl (C=O) groups is 3. The molecule has 0 spiro atoms. The van der Waals surface area contributed by atoms with Crippen LogP contribution in [0.3, 0.4) is 0 Å². The van der Waals surface area contributed by atoms with Crippen LogP contribution in [-0.2, 0) is 23.7 Å². The highest BCUT2D eigenvalue weighted by Crippen LogP contribution is 2.65. The summed E-state index contributed by atoms with van der Waals surface area (Å²) in [6.45, 7) is 12.5. The fraction of sp³-hybridized carbons (Fsp3) is 0.852. The van der Waals surface area contributed by atoms with E-state index in [-0.39, 0.29) is 66.8 Å². The first-order valence-electron chi connectivity index (χ1n) is 14.8. The number of aliphatic imine (C=N–C) groups is 1. The molecule has 0 radical (unpaired) electrons. The van der Waals surface area contributed by atoms with Gasteiger partial charge in [-0.1, -0.05) is 33.1 Å². The Morgan fingerprint density at radius 3 is 2.46 bits per heavy atom. The van der Waals surface area contributed by atoms with Crippen LogP contribution in [0.1, 0.15) is 92.9 Å². The molecule has 3 aliphatic carbocycles. The minimum Gasteiger partial charge on any atom is -0.404 e. The summed E-state index contributed by atoms with van der Waals surface area (Å²) in [5.74, 6) is -0.224. The molecule has 1 heterocycles. The summed E-state index contributed by atoms with van der Waals surface area (Å²) < 4.78 is 13.1. The number of hydrogen-bond donors (Lipinski definition) is 4. The van der Waals surface area contributed by atoms with E-state index in [0.717, 1.165) is 12.8 Å². The van der Waals surface area contributed by atoms with Gasteiger partial charge in [0.1, 0.15) is 11.8 Å². The van der Waals surface area contributed by atoms with Gasteiger partial charge in [0, 0.05) is 19.4 Å². The highest BCUT2D eigenvalue weighted by molar-refractivity contribution is 6.48. The molecule has 41 heavy (non-hydrogen) atoms. The summed E-state index contributed by atoms with van der Waals surface area (Å²) in [5, 5.41) is 15.6. The SMILES string of the molecule is CC(=O)CCCC(=O)N[C@@H](CCCN=C(N)N[N+](=O)[O-])C(=O)N[C@@H](CC(C)C)B1O[C@@H]2C[C@H]3C[C@H](C3(C)C)[C@]2(C)O1. The Hall–Kier alpha value is -2.74. The molecule has 0 unspecified atom stereocenters. The summed E-state index contributed by atoms with van der Waals surface area (Å²) >= 11 is 0. The lowest BCUT2D eigenvalue weighted by Crippen LogP contribution is -2.65. The molecule has 3 saturated carbocycles. The van der Waals surface area contributed by atoms with E-state index in [4.69, 9.17) is 15.0 Å².